The van der Waals surface area contributed by atoms with Gasteiger partial charge in [0.25, 0.3) is 0 Å². The van der Waals surface area contributed by atoms with Crippen LogP contribution in [0, 0.1) is 0 Å². The van der Waals surface area contributed by atoms with Crippen LogP contribution in [-0.4, -0.2) is 12.9 Å². The first-order valence-electron chi connectivity index (χ1n) is 6.41. The molecule has 2 aromatic rings. The van der Waals surface area contributed by atoms with Gasteiger partial charge in [-0.2, -0.15) is 0 Å². The van der Waals surface area contributed by atoms with E-state index >= 15 is 0 Å². The summed E-state index contributed by atoms with van der Waals surface area (Å²) in [6.07, 6.45) is 0.650. The quantitative estimate of drug-likeness (QED) is 0.723. The average Bonchev–Trinajstić information content (AvgIpc) is 2.52. The second-order valence-electron chi connectivity index (χ2n) is 4.40. The monoisotopic (exact) mass is 286 g/mol. The number of hydrogen-bond donors (Lipinski definition) is 0. The fourth-order valence-electron chi connectivity index (χ4n) is 1.72. The molecule has 0 amide bonds. The van der Waals surface area contributed by atoms with E-state index in [0.717, 1.165) is 5.56 Å². The summed E-state index contributed by atoms with van der Waals surface area (Å²) in [5.74, 6) is 0.209. The van der Waals surface area contributed by atoms with E-state index in [-0.39, 0.29) is 12.4 Å². The Morgan fingerprint density at radius 1 is 1.14 bits per heavy atom. The molecule has 0 aliphatic carbocycles. The highest BCUT2D eigenvalue weighted by molar-refractivity contribution is 5.79. The summed E-state index contributed by atoms with van der Waals surface area (Å²) in [5, 5.41) is 0. The number of hydrogen-bond acceptors (Lipinski definition) is 3. The molecule has 4 heteroatoms. The smallest absolute Gasteiger partial charge is 0.153 e. The van der Waals surface area contributed by atoms with Crippen LogP contribution in [0.3, 0.4) is 0 Å². The fourth-order valence-corrected chi connectivity index (χ4v) is 1.72. The Morgan fingerprint density at radius 3 is 2.57 bits per heavy atom. The largest absolute Gasteiger partial charge is 0.489 e. The van der Waals surface area contributed by atoms with Crippen LogP contribution in [0.4, 0.5) is 4.39 Å². The highest BCUT2D eigenvalue weighted by atomic mass is 19.1. The summed E-state index contributed by atoms with van der Waals surface area (Å²) >= 11 is 0. The standard InChI is InChI=1S/C17H15FO3/c1-13(18)11-21-17-9-16(8-7-15(17)10-19)20-12-14-5-3-2-4-6-14/h2-10H,1,11-12H2. The van der Waals surface area contributed by atoms with Gasteiger partial charge in [-0.1, -0.05) is 36.9 Å². The van der Waals surface area contributed by atoms with E-state index < -0.39 is 5.83 Å². The van der Waals surface area contributed by atoms with Gasteiger partial charge in [-0.25, -0.2) is 4.39 Å². The van der Waals surface area contributed by atoms with Crippen molar-refractivity contribution in [3.8, 4) is 11.5 Å². The summed E-state index contributed by atoms with van der Waals surface area (Å²) in [6.45, 7) is 3.22. The molecule has 0 saturated carbocycles. The zero-order valence-corrected chi connectivity index (χ0v) is 11.4. The number of carbonyl (C=O) groups excluding carboxylic acids is 1. The maximum atomic E-state index is 12.7. The minimum absolute atomic E-state index is 0.273. The highest BCUT2D eigenvalue weighted by Gasteiger charge is 2.06. The Balaban J connectivity index is 2.07. The minimum atomic E-state index is -0.609. The predicted molar refractivity (Wildman–Crippen MR) is 78.3 cm³/mol. The molecule has 3 nitrogen and oxygen atoms in total. The lowest BCUT2D eigenvalue weighted by molar-refractivity contribution is 0.111. The van der Waals surface area contributed by atoms with Crippen molar-refractivity contribution in [3.63, 3.8) is 0 Å². The first-order valence-corrected chi connectivity index (χ1v) is 6.41. The van der Waals surface area contributed by atoms with Crippen LogP contribution >= 0.6 is 0 Å². The molecule has 0 fully saturated rings. The molecule has 0 aliphatic heterocycles. The number of rotatable bonds is 7. The average molecular weight is 286 g/mol. The lowest BCUT2D eigenvalue weighted by Gasteiger charge is -2.11. The molecule has 21 heavy (non-hydrogen) atoms. The van der Waals surface area contributed by atoms with Crippen LogP contribution in [0.5, 0.6) is 11.5 Å². The van der Waals surface area contributed by atoms with Crippen molar-refractivity contribution < 1.29 is 18.7 Å². The maximum Gasteiger partial charge on any atom is 0.153 e. The molecular weight excluding hydrogens is 271 g/mol. The Morgan fingerprint density at radius 2 is 1.90 bits per heavy atom. The molecule has 0 unspecified atom stereocenters. The second-order valence-corrected chi connectivity index (χ2v) is 4.40. The van der Waals surface area contributed by atoms with Crippen molar-refractivity contribution in [1.29, 1.82) is 0 Å². The maximum absolute atomic E-state index is 12.7. The number of benzene rings is 2. The molecule has 0 N–H and O–H groups in total. The van der Waals surface area contributed by atoms with Gasteiger partial charge in [-0.3, -0.25) is 4.79 Å². The molecule has 0 aliphatic rings. The highest BCUT2D eigenvalue weighted by Crippen LogP contribution is 2.25. The zero-order valence-electron chi connectivity index (χ0n) is 11.4. The minimum Gasteiger partial charge on any atom is -0.489 e. The van der Waals surface area contributed by atoms with Crippen LogP contribution < -0.4 is 9.47 Å². The van der Waals surface area contributed by atoms with Crippen LogP contribution in [0.25, 0.3) is 0 Å². The van der Waals surface area contributed by atoms with Crippen molar-refractivity contribution in [1.82, 2.24) is 0 Å². The van der Waals surface area contributed by atoms with Crippen molar-refractivity contribution >= 4 is 6.29 Å². The van der Waals surface area contributed by atoms with Crippen LogP contribution in [-0.2, 0) is 6.61 Å². The number of aldehydes is 1. The number of halogens is 1. The van der Waals surface area contributed by atoms with Gasteiger partial charge < -0.3 is 9.47 Å². The third-order valence-corrected chi connectivity index (χ3v) is 2.74. The molecule has 0 radical (unpaired) electrons. The first-order chi connectivity index (χ1) is 10.2. The van der Waals surface area contributed by atoms with Crippen LogP contribution in [0.1, 0.15) is 15.9 Å². The molecule has 2 aromatic carbocycles. The normalized spacial score (nSPS) is 9.95. The van der Waals surface area contributed by atoms with E-state index in [0.29, 0.717) is 24.2 Å². The Kier molecular flexibility index (Phi) is 5.10. The predicted octanol–water partition coefficient (Wildman–Crippen LogP) is 3.94. The molecule has 0 atom stereocenters. The second kappa shape index (κ2) is 7.24. The molecule has 0 spiro atoms. The van der Waals surface area contributed by atoms with Crippen molar-refractivity contribution in [2.75, 3.05) is 6.61 Å². The van der Waals surface area contributed by atoms with E-state index in [1.807, 2.05) is 30.3 Å². The topological polar surface area (TPSA) is 35.5 Å². The van der Waals surface area contributed by atoms with Gasteiger partial charge in [0, 0.05) is 6.07 Å². The van der Waals surface area contributed by atoms with Gasteiger partial charge in [-0.05, 0) is 17.7 Å². The third kappa shape index (κ3) is 4.45. The molecule has 0 saturated heterocycles. The van der Waals surface area contributed by atoms with Gasteiger partial charge in [0.05, 0.1) is 5.56 Å². The lowest BCUT2D eigenvalue weighted by atomic mass is 10.2. The van der Waals surface area contributed by atoms with E-state index in [1.165, 1.54) is 0 Å². The van der Waals surface area contributed by atoms with E-state index in [1.54, 1.807) is 18.2 Å². The first kappa shape index (κ1) is 14.8. The lowest BCUT2D eigenvalue weighted by Crippen LogP contribution is -2.01. The summed E-state index contributed by atoms with van der Waals surface area (Å²) in [7, 11) is 0. The van der Waals surface area contributed by atoms with E-state index in [4.69, 9.17) is 9.47 Å². The summed E-state index contributed by atoms with van der Waals surface area (Å²) in [6, 6.07) is 14.5. The van der Waals surface area contributed by atoms with Gasteiger partial charge >= 0.3 is 0 Å². The van der Waals surface area contributed by atoms with Crippen LogP contribution in [0.15, 0.2) is 60.9 Å². The van der Waals surface area contributed by atoms with Gasteiger partial charge in [0.2, 0.25) is 0 Å². The molecule has 108 valence electrons. The molecule has 0 heterocycles. The fraction of sp³-hybridized carbons (Fsp3) is 0.118. The third-order valence-electron chi connectivity index (χ3n) is 2.74. The summed E-state index contributed by atoms with van der Waals surface area (Å²) < 4.78 is 23.5. The van der Waals surface area contributed by atoms with Crippen LogP contribution in [0.2, 0.25) is 0 Å². The van der Waals surface area contributed by atoms with Crippen molar-refractivity contribution in [3.05, 3.63) is 72.1 Å². The number of ether oxygens (including phenoxy) is 2. The molecule has 0 bridgehead atoms. The van der Waals surface area contributed by atoms with Gasteiger partial charge in [0.1, 0.15) is 30.5 Å². The van der Waals surface area contributed by atoms with E-state index in [2.05, 4.69) is 6.58 Å². The zero-order chi connectivity index (χ0) is 15.1. The Hall–Kier alpha value is -2.62. The molecular formula is C17H15FO3. The Bertz CT molecular complexity index is 623. The van der Waals surface area contributed by atoms with E-state index in [9.17, 15) is 9.18 Å². The van der Waals surface area contributed by atoms with Gasteiger partial charge in [-0.15, -0.1) is 0 Å². The summed E-state index contributed by atoms with van der Waals surface area (Å²) in [4.78, 5) is 10.9. The molecule has 2 rings (SSSR count). The van der Waals surface area contributed by atoms with Crippen molar-refractivity contribution in [2.45, 2.75) is 6.61 Å². The SMILES string of the molecule is C=C(F)COc1cc(OCc2ccccc2)ccc1C=O. The van der Waals surface area contributed by atoms with Gasteiger partial charge in [0.15, 0.2) is 6.29 Å². The summed E-state index contributed by atoms with van der Waals surface area (Å²) in [5.41, 5.74) is 1.36. The molecule has 0 aromatic heterocycles. The number of carbonyl (C=O) groups is 1. The Labute approximate surface area is 122 Å². The van der Waals surface area contributed by atoms with Crippen molar-refractivity contribution in [2.24, 2.45) is 0 Å².